The minimum atomic E-state index is -1.92. The minimum Gasteiger partial charge on any atom is -0.333 e. The standard InChI is InChI=1S/C30H44FN7/c1-8-25-13-27(14-26(9-2)36-25)38(28-33-15-21(16-34-28)22-17-35-37(7)19-22)18-20-10-23(29(3,4)5)12-24(11-20)30(6,31)32/h10-12,15-17,19,25-27,36H,8-9,13-14,18,32H2,1-7H3/t25-,26+,27?,30?. The molecule has 1 aliphatic heterocycles. The average molecular weight is 522 g/mol. The predicted octanol–water partition coefficient (Wildman–Crippen LogP) is 5.59. The second-order valence-corrected chi connectivity index (χ2v) is 12.0. The Morgan fingerprint density at radius 3 is 2.08 bits per heavy atom. The summed E-state index contributed by atoms with van der Waals surface area (Å²) in [6, 6.07) is 7.12. The lowest BCUT2D eigenvalue weighted by Crippen LogP contribution is -2.52. The first-order valence-electron chi connectivity index (χ1n) is 13.8. The van der Waals surface area contributed by atoms with Gasteiger partial charge < -0.3 is 10.2 Å². The fourth-order valence-electron chi connectivity index (χ4n) is 5.29. The van der Waals surface area contributed by atoms with E-state index in [0.29, 0.717) is 30.1 Å². The lowest BCUT2D eigenvalue weighted by atomic mass is 9.83. The van der Waals surface area contributed by atoms with Gasteiger partial charge in [-0.15, -0.1) is 0 Å². The minimum absolute atomic E-state index is 0.141. The zero-order chi connectivity index (χ0) is 27.7. The molecule has 4 atom stereocenters. The van der Waals surface area contributed by atoms with Crippen molar-refractivity contribution in [3.8, 4) is 11.1 Å². The number of aromatic nitrogens is 4. The molecule has 0 amide bonds. The van der Waals surface area contributed by atoms with Gasteiger partial charge in [0.15, 0.2) is 5.79 Å². The van der Waals surface area contributed by atoms with Gasteiger partial charge in [-0.05, 0) is 55.2 Å². The third kappa shape index (κ3) is 6.59. The number of hydrogen-bond donors (Lipinski definition) is 2. The Kier molecular flexibility index (Phi) is 8.23. The number of alkyl halides is 1. The number of piperidine rings is 1. The normalized spacial score (nSPS) is 21.8. The van der Waals surface area contributed by atoms with Gasteiger partial charge in [-0.1, -0.05) is 46.8 Å². The number of nitrogens with two attached hydrogens (primary N) is 1. The van der Waals surface area contributed by atoms with E-state index in [9.17, 15) is 0 Å². The summed E-state index contributed by atoms with van der Waals surface area (Å²) in [6.45, 7) is 12.9. The number of aryl methyl sites for hydroxylation is 1. The van der Waals surface area contributed by atoms with E-state index in [2.05, 4.69) is 56.0 Å². The van der Waals surface area contributed by atoms with Crippen LogP contribution in [0.5, 0.6) is 0 Å². The summed E-state index contributed by atoms with van der Waals surface area (Å²) < 4.78 is 16.8. The number of anilines is 1. The number of nitrogens with one attached hydrogen (secondary N) is 1. The van der Waals surface area contributed by atoms with E-state index in [1.165, 1.54) is 6.92 Å². The number of rotatable bonds is 8. The van der Waals surface area contributed by atoms with Crippen LogP contribution >= 0.6 is 0 Å². The Morgan fingerprint density at radius 2 is 1.58 bits per heavy atom. The van der Waals surface area contributed by atoms with Gasteiger partial charge in [0.25, 0.3) is 0 Å². The molecule has 0 radical (unpaired) electrons. The molecule has 0 saturated carbocycles. The molecular weight excluding hydrogens is 477 g/mol. The van der Waals surface area contributed by atoms with Crippen LogP contribution in [0.4, 0.5) is 10.3 Å². The highest BCUT2D eigenvalue weighted by Gasteiger charge is 2.32. The molecule has 2 aromatic heterocycles. The smallest absolute Gasteiger partial charge is 0.225 e. The van der Waals surface area contributed by atoms with Crippen molar-refractivity contribution < 1.29 is 4.39 Å². The summed E-state index contributed by atoms with van der Waals surface area (Å²) in [5.41, 5.74) is 10.3. The van der Waals surface area contributed by atoms with Crippen LogP contribution in [-0.4, -0.2) is 37.9 Å². The molecule has 1 aliphatic rings. The van der Waals surface area contributed by atoms with Gasteiger partial charge >= 0.3 is 0 Å². The van der Waals surface area contributed by atoms with Gasteiger partial charge in [0, 0.05) is 67.0 Å². The first-order chi connectivity index (χ1) is 17.9. The van der Waals surface area contributed by atoms with E-state index in [1.54, 1.807) is 4.68 Å². The Bertz CT molecular complexity index is 1160. The van der Waals surface area contributed by atoms with Crippen LogP contribution in [0.1, 0.15) is 83.9 Å². The molecule has 38 heavy (non-hydrogen) atoms. The van der Waals surface area contributed by atoms with E-state index in [0.717, 1.165) is 47.9 Å². The van der Waals surface area contributed by atoms with Crippen molar-refractivity contribution in [1.29, 1.82) is 0 Å². The molecule has 3 aromatic rings. The fourth-order valence-corrected chi connectivity index (χ4v) is 5.29. The quantitative estimate of drug-likeness (QED) is 0.376. The number of halogens is 1. The maximum absolute atomic E-state index is 15.0. The van der Waals surface area contributed by atoms with E-state index < -0.39 is 5.79 Å². The summed E-state index contributed by atoms with van der Waals surface area (Å²) in [5, 5.41) is 8.08. The van der Waals surface area contributed by atoms with E-state index in [1.807, 2.05) is 44.0 Å². The maximum atomic E-state index is 15.0. The van der Waals surface area contributed by atoms with Gasteiger partial charge in [-0.2, -0.15) is 5.10 Å². The van der Waals surface area contributed by atoms with Crippen molar-refractivity contribution >= 4 is 5.95 Å². The summed E-state index contributed by atoms with van der Waals surface area (Å²) in [6.07, 6.45) is 11.7. The molecule has 0 bridgehead atoms. The summed E-state index contributed by atoms with van der Waals surface area (Å²) >= 11 is 0. The van der Waals surface area contributed by atoms with Crippen LogP contribution < -0.4 is 16.0 Å². The number of nitrogens with zero attached hydrogens (tertiary/aromatic N) is 5. The molecule has 7 nitrogen and oxygen atoms in total. The number of hydrogen-bond acceptors (Lipinski definition) is 6. The van der Waals surface area contributed by atoms with Crippen molar-refractivity contribution in [2.24, 2.45) is 12.8 Å². The highest BCUT2D eigenvalue weighted by Crippen LogP contribution is 2.32. The Morgan fingerprint density at radius 1 is 0.974 bits per heavy atom. The fraction of sp³-hybridized carbons (Fsp3) is 0.567. The molecule has 1 fully saturated rings. The summed E-state index contributed by atoms with van der Waals surface area (Å²) in [4.78, 5) is 12.0. The van der Waals surface area contributed by atoms with Crippen molar-refractivity contribution in [2.75, 3.05) is 4.90 Å². The molecule has 3 heterocycles. The highest BCUT2D eigenvalue weighted by molar-refractivity contribution is 5.60. The summed E-state index contributed by atoms with van der Waals surface area (Å²) in [7, 11) is 1.90. The highest BCUT2D eigenvalue weighted by atomic mass is 19.1. The van der Waals surface area contributed by atoms with Crippen LogP contribution in [0, 0.1) is 0 Å². The molecule has 1 aromatic carbocycles. The first-order valence-corrected chi connectivity index (χ1v) is 13.8. The second-order valence-electron chi connectivity index (χ2n) is 12.0. The van der Waals surface area contributed by atoms with Crippen LogP contribution in [0.3, 0.4) is 0 Å². The SMILES string of the molecule is CC[C@@H]1CC(N(Cc2cc(C(C)(C)C)cc(C(C)(N)F)c2)c2ncc(-c3cnn(C)c3)cn2)C[C@H](CC)N1. The third-order valence-electron chi connectivity index (χ3n) is 7.72. The zero-order valence-corrected chi connectivity index (χ0v) is 24.0. The molecule has 1 saturated heterocycles. The van der Waals surface area contributed by atoms with Gasteiger partial charge in [-0.3, -0.25) is 10.4 Å². The van der Waals surface area contributed by atoms with Gasteiger partial charge in [-0.25, -0.2) is 14.4 Å². The molecule has 4 rings (SSSR count). The molecular formula is C30H44FN7. The van der Waals surface area contributed by atoms with Crippen molar-refractivity contribution in [3.63, 3.8) is 0 Å². The third-order valence-corrected chi connectivity index (χ3v) is 7.72. The number of benzene rings is 1. The van der Waals surface area contributed by atoms with Crippen LogP contribution in [0.2, 0.25) is 0 Å². The Labute approximate surface area is 227 Å². The summed E-state index contributed by atoms with van der Waals surface area (Å²) in [5.74, 6) is -1.23. The molecule has 0 spiro atoms. The maximum Gasteiger partial charge on any atom is 0.225 e. The molecule has 2 unspecified atom stereocenters. The average Bonchev–Trinajstić information content (AvgIpc) is 3.32. The molecule has 0 aliphatic carbocycles. The molecule has 3 N–H and O–H groups in total. The lowest BCUT2D eigenvalue weighted by Gasteiger charge is -2.42. The van der Waals surface area contributed by atoms with Crippen molar-refractivity contribution in [2.45, 2.75) is 103 Å². The molecule has 206 valence electrons. The van der Waals surface area contributed by atoms with E-state index >= 15 is 4.39 Å². The van der Waals surface area contributed by atoms with Gasteiger partial charge in [0.2, 0.25) is 5.95 Å². The van der Waals surface area contributed by atoms with Gasteiger partial charge in [0.05, 0.1) is 6.20 Å². The zero-order valence-electron chi connectivity index (χ0n) is 24.0. The lowest BCUT2D eigenvalue weighted by molar-refractivity contribution is 0.202. The Hall–Kier alpha value is -2.84. The monoisotopic (exact) mass is 521 g/mol. The van der Waals surface area contributed by atoms with Crippen molar-refractivity contribution in [3.05, 3.63) is 59.7 Å². The van der Waals surface area contributed by atoms with E-state index in [4.69, 9.17) is 15.7 Å². The predicted molar refractivity (Wildman–Crippen MR) is 153 cm³/mol. The van der Waals surface area contributed by atoms with Crippen molar-refractivity contribution in [1.82, 2.24) is 25.1 Å². The van der Waals surface area contributed by atoms with Crippen LogP contribution in [-0.2, 0) is 24.8 Å². The largest absolute Gasteiger partial charge is 0.333 e. The van der Waals surface area contributed by atoms with Gasteiger partial charge in [0.1, 0.15) is 0 Å². The Balaban J connectivity index is 1.75. The van der Waals surface area contributed by atoms with Crippen LogP contribution in [0.25, 0.3) is 11.1 Å². The van der Waals surface area contributed by atoms with Crippen LogP contribution in [0.15, 0.2) is 43.0 Å². The topological polar surface area (TPSA) is 84.9 Å². The second kappa shape index (κ2) is 11.1. The van der Waals surface area contributed by atoms with E-state index in [-0.39, 0.29) is 11.5 Å². The first kappa shape index (κ1) is 28.2. The molecule has 8 heteroatoms.